The molecule has 0 spiro atoms. The molecule has 0 saturated carbocycles. The van der Waals surface area contributed by atoms with Crippen molar-refractivity contribution < 1.29 is 8.81 Å². The molecule has 1 heterocycles. The number of halogens is 3. The first-order valence-corrected chi connectivity index (χ1v) is 6.95. The van der Waals surface area contributed by atoms with Crippen molar-refractivity contribution in [2.45, 2.75) is 5.38 Å². The van der Waals surface area contributed by atoms with E-state index in [0.29, 0.717) is 5.56 Å². The van der Waals surface area contributed by atoms with Crippen molar-refractivity contribution in [2.24, 2.45) is 0 Å². The van der Waals surface area contributed by atoms with Crippen LogP contribution in [0.25, 0.3) is 11.5 Å². The summed E-state index contributed by atoms with van der Waals surface area (Å²) in [5.41, 5.74) is 1.17. The minimum Gasteiger partial charge on any atom is -0.419 e. The van der Waals surface area contributed by atoms with Gasteiger partial charge in [-0.15, -0.1) is 21.8 Å². The molecule has 1 atom stereocenters. The third-order valence-electron chi connectivity index (χ3n) is 2.93. The Hall–Kier alpha value is -1.91. The summed E-state index contributed by atoms with van der Waals surface area (Å²) in [4.78, 5) is 0. The van der Waals surface area contributed by atoms with Gasteiger partial charge >= 0.3 is 0 Å². The SMILES string of the molecule is Fc1cccc(-c2nnc(C(Cl)c3ccccc3)o2)c1Cl. The van der Waals surface area contributed by atoms with E-state index in [-0.39, 0.29) is 16.8 Å². The van der Waals surface area contributed by atoms with E-state index in [1.54, 1.807) is 6.07 Å². The summed E-state index contributed by atoms with van der Waals surface area (Å²) in [7, 11) is 0. The molecule has 0 aliphatic rings. The molecule has 21 heavy (non-hydrogen) atoms. The van der Waals surface area contributed by atoms with Gasteiger partial charge in [-0.25, -0.2) is 4.39 Å². The van der Waals surface area contributed by atoms with Crippen LogP contribution in [0, 0.1) is 5.82 Å². The molecular formula is C15H9Cl2FN2O. The Morgan fingerprint density at radius 3 is 2.52 bits per heavy atom. The summed E-state index contributed by atoms with van der Waals surface area (Å²) in [5.74, 6) is -0.173. The van der Waals surface area contributed by atoms with Gasteiger partial charge in [0.05, 0.1) is 10.6 Å². The lowest BCUT2D eigenvalue weighted by molar-refractivity contribution is 0.512. The van der Waals surface area contributed by atoms with Gasteiger partial charge in [-0.05, 0) is 17.7 Å². The van der Waals surface area contributed by atoms with E-state index >= 15 is 0 Å². The lowest BCUT2D eigenvalue weighted by Gasteiger charge is -2.04. The van der Waals surface area contributed by atoms with E-state index in [0.717, 1.165) is 5.56 Å². The Morgan fingerprint density at radius 1 is 1.00 bits per heavy atom. The summed E-state index contributed by atoms with van der Waals surface area (Å²) in [5, 5.41) is 7.17. The van der Waals surface area contributed by atoms with Crippen LogP contribution in [0.3, 0.4) is 0 Å². The number of aromatic nitrogens is 2. The minimum atomic E-state index is -0.570. The van der Waals surface area contributed by atoms with Crippen LogP contribution in [-0.4, -0.2) is 10.2 Å². The molecule has 0 fully saturated rings. The first-order valence-electron chi connectivity index (χ1n) is 6.13. The molecule has 0 radical (unpaired) electrons. The fourth-order valence-electron chi connectivity index (χ4n) is 1.88. The van der Waals surface area contributed by atoms with Gasteiger partial charge in [0.2, 0.25) is 11.8 Å². The minimum absolute atomic E-state index is 0.0569. The third-order valence-corrected chi connectivity index (χ3v) is 3.75. The smallest absolute Gasteiger partial charge is 0.249 e. The second kappa shape index (κ2) is 5.84. The van der Waals surface area contributed by atoms with Crippen LogP contribution < -0.4 is 0 Å². The maximum Gasteiger partial charge on any atom is 0.249 e. The molecular weight excluding hydrogens is 314 g/mol. The van der Waals surface area contributed by atoms with Gasteiger partial charge in [-0.1, -0.05) is 48.0 Å². The molecule has 6 heteroatoms. The number of rotatable bonds is 3. The van der Waals surface area contributed by atoms with Gasteiger partial charge < -0.3 is 4.42 Å². The fourth-order valence-corrected chi connectivity index (χ4v) is 2.32. The van der Waals surface area contributed by atoms with Crippen molar-refractivity contribution in [2.75, 3.05) is 0 Å². The Morgan fingerprint density at radius 2 is 1.76 bits per heavy atom. The topological polar surface area (TPSA) is 38.9 Å². The summed E-state index contributed by atoms with van der Waals surface area (Å²) < 4.78 is 19.0. The molecule has 3 aromatic rings. The number of nitrogens with zero attached hydrogens (tertiary/aromatic N) is 2. The highest BCUT2D eigenvalue weighted by molar-refractivity contribution is 6.33. The molecule has 0 N–H and O–H groups in total. The Bertz CT molecular complexity index is 761. The normalized spacial score (nSPS) is 12.3. The summed E-state index contributed by atoms with van der Waals surface area (Å²) in [6.07, 6.45) is 0. The van der Waals surface area contributed by atoms with Gasteiger partial charge in [-0.2, -0.15) is 0 Å². The monoisotopic (exact) mass is 322 g/mol. The zero-order valence-electron chi connectivity index (χ0n) is 10.6. The van der Waals surface area contributed by atoms with Gasteiger partial charge in [0.15, 0.2) is 0 Å². The summed E-state index contributed by atoms with van der Waals surface area (Å²) in [6, 6.07) is 13.7. The molecule has 106 valence electrons. The second-order valence-electron chi connectivity index (χ2n) is 4.32. The van der Waals surface area contributed by atoms with Crippen LogP contribution in [-0.2, 0) is 0 Å². The maximum atomic E-state index is 13.4. The zero-order valence-corrected chi connectivity index (χ0v) is 12.1. The zero-order chi connectivity index (χ0) is 14.8. The van der Waals surface area contributed by atoms with Gasteiger partial charge in [0.25, 0.3) is 0 Å². The van der Waals surface area contributed by atoms with Gasteiger partial charge in [0.1, 0.15) is 11.2 Å². The molecule has 1 unspecified atom stereocenters. The Balaban J connectivity index is 1.95. The van der Waals surface area contributed by atoms with Crippen molar-refractivity contribution in [3.05, 3.63) is 70.8 Å². The van der Waals surface area contributed by atoms with E-state index < -0.39 is 11.2 Å². The van der Waals surface area contributed by atoms with E-state index in [1.807, 2.05) is 30.3 Å². The maximum absolute atomic E-state index is 13.4. The second-order valence-corrected chi connectivity index (χ2v) is 5.13. The van der Waals surface area contributed by atoms with Crippen LogP contribution in [0.15, 0.2) is 52.9 Å². The van der Waals surface area contributed by atoms with E-state index in [9.17, 15) is 4.39 Å². The standard InChI is InChI=1S/C15H9Cl2FN2O/c16-12(9-5-2-1-3-6-9)15-20-19-14(21-15)10-7-4-8-11(18)13(10)17/h1-8,12H. The van der Waals surface area contributed by atoms with Gasteiger partial charge in [-0.3, -0.25) is 0 Å². The summed E-state index contributed by atoms with van der Waals surface area (Å²) >= 11 is 12.2. The van der Waals surface area contributed by atoms with E-state index in [2.05, 4.69) is 10.2 Å². The van der Waals surface area contributed by atoms with Crippen LogP contribution in [0.2, 0.25) is 5.02 Å². The largest absolute Gasteiger partial charge is 0.419 e. The molecule has 0 amide bonds. The summed E-state index contributed by atoms with van der Waals surface area (Å²) in [6.45, 7) is 0. The van der Waals surface area contributed by atoms with Crippen LogP contribution >= 0.6 is 23.2 Å². The number of benzene rings is 2. The highest BCUT2D eigenvalue weighted by atomic mass is 35.5. The van der Waals surface area contributed by atoms with Crippen molar-refractivity contribution in [1.29, 1.82) is 0 Å². The van der Waals surface area contributed by atoms with Crippen molar-refractivity contribution in [3.8, 4) is 11.5 Å². The average Bonchev–Trinajstić information content (AvgIpc) is 3.00. The van der Waals surface area contributed by atoms with E-state index in [1.165, 1.54) is 12.1 Å². The third kappa shape index (κ3) is 2.77. The molecule has 0 aliphatic heterocycles. The molecule has 1 aromatic heterocycles. The predicted octanol–water partition coefficient (Wildman–Crippen LogP) is 4.86. The number of alkyl halides is 1. The Labute approximate surface area is 130 Å². The highest BCUT2D eigenvalue weighted by Crippen LogP contribution is 2.33. The first-order chi connectivity index (χ1) is 10.2. The Kier molecular flexibility index (Phi) is 3.90. The average molecular weight is 323 g/mol. The molecule has 2 aromatic carbocycles. The fraction of sp³-hybridized carbons (Fsp3) is 0.0667. The van der Waals surface area contributed by atoms with Crippen LogP contribution in [0.4, 0.5) is 4.39 Å². The lowest BCUT2D eigenvalue weighted by Crippen LogP contribution is -1.92. The highest BCUT2D eigenvalue weighted by Gasteiger charge is 2.20. The van der Waals surface area contributed by atoms with Crippen LogP contribution in [0.5, 0.6) is 0 Å². The van der Waals surface area contributed by atoms with Crippen molar-refractivity contribution in [1.82, 2.24) is 10.2 Å². The lowest BCUT2D eigenvalue weighted by atomic mass is 10.1. The predicted molar refractivity (Wildman–Crippen MR) is 78.8 cm³/mol. The molecule has 3 nitrogen and oxygen atoms in total. The molecule has 0 aliphatic carbocycles. The molecule has 0 bridgehead atoms. The number of hydrogen-bond donors (Lipinski definition) is 0. The van der Waals surface area contributed by atoms with Crippen LogP contribution in [0.1, 0.15) is 16.8 Å². The van der Waals surface area contributed by atoms with Crippen molar-refractivity contribution in [3.63, 3.8) is 0 Å². The van der Waals surface area contributed by atoms with Crippen molar-refractivity contribution >= 4 is 23.2 Å². The molecule has 3 rings (SSSR count). The molecule has 0 saturated heterocycles. The number of hydrogen-bond acceptors (Lipinski definition) is 3. The quantitative estimate of drug-likeness (QED) is 0.646. The first kappa shape index (κ1) is 14.0. The van der Waals surface area contributed by atoms with Gasteiger partial charge in [0, 0.05) is 0 Å². The van der Waals surface area contributed by atoms with E-state index in [4.69, 9.17) is 27.6 Å².